The van der Waals surface area contributed by atoms with E-state index in [2.05, 4.69) is 9.97 Å². The largest absolute Gasteiger partial charge is 0.462 e. The van der Waals surface area contributed by atoms with Gasteiger partial charge in [-0.15, -0.1) is 0 Å². The molecule has 1 aromatic heterocycles. The van der Waals surface area contributed by atoms with Crippen molar-refractivity contribution in [1.29, 1.82) is 0 Å². The first kappa shape index (κ1) is 15.0. The number of hydrogen-bond donors (Lipinski definition) is 1. The number of carbonyl (C=O) groups excluding carboxylic acids is 1. The smallest absolute Gasteiger partial charge is 0.345 e. The molecule has 0 saturated heterocycles. The molecule has 21 heavy (non-hydrogen) atoms. The standard InChI is InChI=1S/C14H17N3O4/c1-4-5-6-21-14(18)10-7-11-12(16-9(3)15-11)8(2)13(10)17(19)20/h7H,4-6H2,1-3H3,(H,15,16). The molecule has 2 rings (SSSR count). The summed E-state index contributed by atoms with van der Waals surface area (Å²) in [6.45, 7) is 5.57. The minimum Gasteiger partial charge on any atom is -0.462 e. The number of fused-ring (bicyclic) bond motifs is 1. The number of benzene rings is 1. The van der Waals surface area contributed by atoms with Crippen molar-refractivity contribution in [3.63, 3.8) is 0 Å². The van der Waals surface area contributed by atoms with Crippen molar-refractivity contribution in [3.8, 4) is 0 Å². The molecule has 0 saturated carbocycles. The van der Waals surface area contributed by atoms with E-state index in [1.807, 2.05) is 6.92 Å². The Balaban J connectivity index is 2.52. The van der Waals surface area contributed by atoms with Crippen molar-refractivity contribution in [2.75, 3.05) is 6.61 Å². The summed E-state index contributed by atoms with van der Waals surface area (Å²) in [6.07, 6.45) is 1.61. The van der Waals surface area contributed by atoms with E-state index in [-0.39, 0.29) is 17.9 Å². The number of rotatable bonds is 5. The normalized spacial score (nSPS) is 10.8. The van der Waals surface area contributed by atoms with Gasteiger partial charge < -0.3 is 9.72 Å². The van der Waals surface area contributed by atoms with Crippen LogP contribution in [0.2, 0.25) is 0 Å². The van der Waals surface area contributed by atoms with Crippen LogP contribution in [0.25, 0.3) is 11.0 Å². The summed E-state index contributed by atoms with van der Waals surface area (Å²) in [6, 6.07) is 1.44. The average molecular weight is 291 g/mol. The molecule has 0 radical (unpaired) electrons. The maximum absolute atomic E-state index is 12.1. The molecule has 0 fully saturated rings. The van der Waals surface area contributed by atoms with E-state index in [0.29, 0.717) is 22.4 Å². The lowest BCUT2D eigenvalue weighted by molar-refractivity contribution is -0.385. The molecule has 1 aromatic carbocycles. The zero-order chi connectivity index (χ0) is 15.6. The predicted octanol–water partition coefficient (Wildman–Crippen LogP) is 3.04. The average Bonchev–Trinajstić information content (AvgIpc) is 2.79. The van der Waals surface area contributed by atoms with E-state index >= 15 is 0 Å². The highest BCUT2D eigenvalue weighted by Gasteiger charge is 2.27. The highest BCUT2D eigenvalue weighted by molar-refractivity contribution is 6.00. The molecule has 7 nitrogen and oxygen atoms in total. The highest BCUT2D eigenvalue weighted by atomic mass is 16.6. The molecule has 0 bridgehead atoms. The molecule has 0 aliphatic carbocycles. The molecular weight excluding hydrogens is 274 g/mol. The van der Waals surface area contributed by atoms with Gasteiger partial charge in [-0.25, -0.2) is 9.78 Å². The van der Waals surface area contributed by atoms with Gasteiger partial charge in [-0.05, 0) is 26.3 Å². The van der Waals surface area contributed by atoms with Crippen LogP contribution < -0.4 is 0 Å². The van der Waals surface area contributed by atoms with Crippen LogP contribution >= 0.6 is 0 Å². The van der Waals surface area contributed by atoms with Gasteiger partial charge in [0.25, 0.3) is 5.69 Å². The lowest BCUT2D eigenvalue weighted by atomic mass is 10.1. The quantitative estimate of drug-likeness (QED) is 0.395. The number of nitro benzene ring substituents is 1. The van der Waals surface area contributed by atoms with Crippen molar-refractivity contribution in [2.24, 2.45) is 0 Å². The zero-order valence-electron chi connectivity index (χ0n) is 12.2. The van der Waals surface area contributed by atoms with E-state index < -0.39 is 10.9 Å². The first-order chi connectivity index (χ1) is 9.95. The van der Waals surface area contributed by atoms with E-state index in [1.54, 1.807) is 13.8 Å². The van der Waals surface area contributed by atoms with Crippen molar-refractivity contribution >= 4 is 22.7 Å². The molecule has 0 atom stereocenters. The Bertz CT molecular complexity index is 706. The minimum absolute atomic E-state index is 0.0373. The number of aromatic amines is 1. The van der Waals surface area contributed by atoms with Gasteiger partial charge in [-0.2, -0.15) is 0 Å². The number of aryl methyl sites for hydroxylation is 2. The van der Waals surface area contributed by atoms with Gasteiger partial charge in [0, 0.05) is 0 Å². The third-order valence-corrected chi connectivity index (χ3v) is 3.24. The van der Waals surface area contributed by atoms with Crippen molar-refractivity contribution in [2.45, 2.75) is 33.6 Å². The first-order valence-electron chi connectivity index (χ1n) is 6.77. The number of nitro groups is 1. The van der Waals surface area contributed by atoms with Crippen molar-refractivity contribution < 1.29 is 14.5 Å². The van der Waals surface area contributed by atoms with E-state index in [1.165, 1.54) is 6.07 Å². The summed E-state index contributed by atoms with van der Waals surface area (Å²) in [7, 11) is 0. The van der Waals surface area contributed by atoms with Gasteiger partial charge in [-0.1, -0.05) is 13.3 Å². The number of H-pyrrole nitrogens is 1. The molecule has 0 unspecified atom stereocenters. The number of esters is 1. The molecule has 0 aliphatic rings. The summed E-state index contributed by atoms with van der Waals surface area (Å²) in [4.78, 5) is 30.0. The molecule has 1 N–H and O–H groups in total. The molecule has 7 heteroatoms. The summed E-state index contributed by atoms with van der Waals surface area (Å²) in [5.74, 6) is -0.0358. The number of imidazole rings is 1. The van der Waals surface area contributed by atoms with Gasteiger partial charge in [0.1, 0.15) is 11.4 Å². The molecule has 0 spiro atoms. The summed E-state index contributed by atoms with van der Waals surface area (Å²) < 4.78 is 5.09. The maximum atomic E-state index is 12.1. The zero-order valence-corrected chi connectivity index (χ0v) is 12.2. The Labute approximate surface area is 121 Å². The van der Waals surface area contributed by atoms with Crippen LogP contribution in [0.15, 0.2) is 6.07 Å². The number of nitrogens with one attached hydrogen (secondary N) is 1. The van der Waals surface area contributed by atoms with Crippen LogP contribution in [-0.2, 0) is 4.74 Å². The second-order valence-electron chi connectivity index (χ2n) is 4.86. The maximum Gasteiger partial charge on any atom is 0.345 e. The van der Waals surface area contributed by atoms with Crippen LogP contribution in [-0.4, -0.2) is 27.5 Å². The fourth-order valence-electron chi connectivity index (χ4n) is 2.20. The number of ether oxygens (including phenoxy) is 1. The summed E-state index contributed by atoms with van der Waals surface area (Å²) in [5.41, 5.74) is 1.19. The van der Waals surface area contributed by atoms with Gasteiger partial charge in [-0.3, -0.25) is 10.1 Å². The predicted molar refractivity (Wildman–Crippen MR) is 77.4 cm³/mol. The number of carbonyl (C=O) groups is 1. The Morgan fingerprint density at radius 2 is 2.19 bits per heavy atom. The van der Waals surface area contributed by atoms with Gasteiger partial charge in [0.05, 0.1) is 28.1 Å². The molecule has 1 heterocycles. The van der Waals surface area contributed by atoms with Gasteiger partial charge >= 0.3 is 5.97 Å². The molecule has 0 aliphatic heterocycles. The lowest BCUT2D eigenvalue weighted by Crippen LogP contribution is -2.10. The van der Waals surface area contributed by atoms with E-state index in [9.17, 15) is 14.9 Å². The third-order valence-electron chi connectivity index (χ3n) is 3.24. The number of aromatic nitrogens is 2. The van der Waals surface area contributed by atoms with Gasteiger partial charge in [0.2, 0.25) is 0 Å². The topological polar surface area (TPSA) is 98.1 Å². The molecular formula is C14H17N3O4. The second-order valence-corrected chi connectivity index (χ2v) is 4.86. The molecule has 0 amide bonds. The Hall–Kier alpha value is -2.44. The van der Waals surface area contributed by atoms with Crippen molar-refractivity contribution in [1.82, 2.24) is 9.97 Å². The second kappa shape index (κ2) is 5.90. The van der Waals surface area contributed by atoms with Crippen LogP contribution in [0.4, 0.5) is 5.69 Å². The lowest BCUT2D eigenvalue weighted by Gasteiger charge is -2.07. The van der Waals surface area contributed by atoms with Crippen LogP contribution in [0.3, 0.4) is 0 Å². The Morgan fingerprint density at radius 1 is 1.48 bits per heavy atom. The molecule has 112 valence electrons. The number of unbranched alkanes of at least 4 members (excludes halogenated alkanes) is 1. The number of hydrogen-bond acceptors (Lipinski definition) is 5. The third kappa shape index (κ3) is 2.86. The van der Waals surface area contributed by atoms with E-state index in [4.69, 9.17) is 4.74 Å². The van der Waals surface area contributed by atoms with Gasteiger partial charge in [0.15, 0.2) is 0 Å². The van der Waals surface area contributed by atoms with Crippen LogP contribution in [0.5, 0.6) is 0 Å². The highest BCUT2D eigenvalue weighted by Crippen LogP contribution is 2.30. The first-order valence-corrected chi connectivity index (χ1v) is 6.77. The SMILES string of the molecule is CCCCOC(=O)c1cc2[nH]c(C)nc2c(C)c1[N+](=O)[O-]. The van der Waals surface area contributed by atoms with Crippen LogP contribution in [0, 0.1) is 24.0 Å². The molecule has 2 aromatic rings. The summed E-state index contributed by atoms with van der Waals surface area (Å²) in [5, 5.41) is 11.3. The fraction of sp³-hybridized carbons (Fsp3) is 0.429. The monoisotopic (exact) mass is 291 g/mol. The minimum atomic E-state index is -0.674. The fourth-order valence-corrected chi connectivity index (χ4v) is 2.20. The van der Waals surface area contributed by atoms with E-state index in [0.717, 1.165) is 12.8 Å². The number of nitrogens with zero attached hydrogens (tertiary/aromatic N) is 2. The Morgan fingerprint density at radius 3 is 2.81 bits per heavy atom. The van der Waals surface area contributed by atoms with Crippen LogP contribution in [0.1, 0.15) is 41.5 Å². The Kier molecular flexibility index (Phi) is 4.21. The summed E-state index contributed by atoms with van der Waals surface area (Å²) >= 11 is 0. The van der Waals surface area contributed by atoms with Crippen molar-refractivity contribution in [3.05, 3.63) is 33.1 Å².